The molecule has 0 saturated heterocycles. The summed E-state index contributed by atoms with van der Waals surface area (Å²) in [5.74, 6) is -0.853. The number of hydrogen-bond acceptors (Lipinski definition) is 4. The molecule has 0 spiro atoms. The van der Waals surface area contributed by atoms with Gasteiger partial charge in [-0.3, -0.25) is 9.59 Å². The fourth-order valence-corrected chi connectivity index (χ4v) is 1.90. The Morgan fingerprint density at radius 2 is 2.18 bits per heavy atom. The Kier molecular flexibility index (Phi) is 7.91. The predicted octanol–water partition coefficient (Wildman–Crippen LogP) is 1.99. The van der Waals surface area contributed by atoms with E-state index in [9.17, 15) is 9.59 Å². The molecule has 1 aromatic rings. The number of rotatable bonds is 7. The van der Waals surface area contributed by atoms with Crippen LogP contribution in [0.25, 0.3) is 0 Å². The lowest BCUT2D eigenvalue weighted by Crippen LogP contribution is -2.37. The lowest BCUT2D eigenvalue weighted by atomic mass is 10.2. The summed E-state index contributed by atoms with van der Waals surface area (Å²) in [5, 5.41) is 6.08. The van der Waals surface area contributed by atoms with E-state index in [2.05, 4.69) is 38.4 Å². The van der Waals surface area contributed by atoms with Crippen molar-refractivity contribution in [2.45, 2.75) is 13.3 Å². The van der Waals surface area contributed by atoms with Crippen LogP contribution in [0.15, 0.2) is 40.4 Å². The number of halogens is 1. The van der Waals surface area contributed by atoms with Gasteiger partial charge in [0, 0.05) is 6.54 Å². The minimum Gasteiger partial charge on any atom is -0.492 e. The first kappa shape index (κ1) is 17.9. The fourth-order valence-electron chi connectivity index (χ4n) is 1.39. The van der Waals surface area contributed by atoms with Gasteiger partial charge in [0.05, 0.1) is 17.3 Å². The van der Waals surface area contributed by atoms with Gasteiger partial charge in [0.25, 0.3) is 0 Å². The van der Waals surface area contributed by atoms with Crippen molar-refractivity contribution in [3.63, 3.8) is 0 Å². The number of amides is 2. The van der Waals surface area contributed by atoms with E-state index in [1.54, 1.807) is 18.2 Å². The van der Waals surface area contributed by atoms with Gasteiger partial charge in [0.2, 0.25) is 0 Å². The summed E-state index contributed by atoms with van der Waals surface area (Å²) in [6.45, 7) is 6.33. The number of nitrogens with zero attached hydrogens (tertiary/aromatic N) is 1. The molecule has 0 aliphatic carbocycles. The normalized spacial score (nSPS) is 10.3. The average Bonchev–Trinajstić information content (AvgIpc) is 2.51. The topological polar surface area (TPSA) is 79.8 Å². The molecule has 0 heterocycles. The van der Waals surface area contributed by atoms with Gasteiger partial charge in [-0.05, 0) is 46.1 Å². The van der Waals surface area contributed by atoms with Gasteiger partial charge < -0.3 is 10.1 Å². The Morgan fingerprint density at radius 3 is 2.82 bits per heavy atom. The molecule has 0 aromatic heterocycles. The van der Waals surface area contributed by atoms with Gasteiger partial charge in [0.15, 0.2) is 0 Å². The van der Waals surface area contributed by atoms with Crippen molar-refractivity contribution in [1.29, 1.82) is 0 Å². The number of carbonyl (C=O) groups is 2. The van der Waals surface area contributed by atoms with E-state index in [-0.39, 0.29) is 6.54 Å². The van der Waals surface area contributed by atoms with Crippen LogP contribution in [0.4, 0.5) is 0 Å². The summed E-state index contributed by atoms with van der Waals surface area (Å²) in [5.41, 5.74) is 2.90. The molecule has 2 N–H and O–H groups in total. The summed E-state index contributed by atoms with van der Waals surface area (Å²) in [4.78, 5) is 22.7. The molecule has 1 aromatic carbocycles. The van der Waals surface area contributed by atoms with Gasteiger partial charge >= 0.3 is 11.8 Å². The molecule has 7 heteroatoms. The summed E-state index contributed by atoms with van der Waals surface area (Å²) in [6, 6.07) is 5.40. The SMILES string of the molecule is C=CCNC(=O)C(=O)N/N=C\c1ccc(OCCC)c(Br)c1. The van der Waals surface area contributed by atoms with E-state index < -0.39 is 11.8 Å². The van der Waals surface area contributed by atoms with Crippen molar-refractivity contribution in [3.05, 3.63) is 40.9 Å². The number of benzene rings is 1. The molecule has 0 unspecified atom stereocenters. The zero-order valence-electron chi connectivity index (χ0n) is 12.3. The third-order valence-corrected chi connectivity index (χ3v) is 3.03. The van der Waals surface area contributed by atoms with Crippen LogP contribution in [-0.4, -0.2) is 31.2 Å². The quantitative estimate of drug-likeness (QED) is 0.334. The highest BCUT2D eigenvalue weighted by molar-refractivity contribution is 9.10. The van der Waals surface area contributed by atoms with Gasteiger partial charge in [-0.15, -0.1) is 6.58 Å². The van der Waals surface area contributed by atoms with Gasteiger partial charge in [-0.25, -0.2) is 5.43 Å². The average molecular weight is 368 g/mol. The standard InChI is InChI=1S/C15H18BrN3O3/c1-3-7-17-14(20)15(21)19-18-10-11-5-6-13(12(16)9-11)22-8-4-2/h3,5-6,9-10H,1,4,7-8H2,2H3,(H,17,20)(H,19,21)/b18-10-. The fraction of sp³-hybridized carbons (Fsp3) is 0.267. The van der Waals surface area contributed by atoms with Crippen LogP contribution in [0.1, 0.15) is 18.9 Å². The van der Waals surface area contributed by atoms with Crippen LogP contribution in [0.3, 0.4) is 0 Å². The largest absolute Gasteiger partial charge is 0.492 e. The van der Waals surface area contributed by atoms with Crippen LogP contribution in [0.2, 0.25) is 0 Å². The van der Waals surface area contributed by atoms with Crippen molar-refractivity contribution in [2.75, 3.05) is 13.2 Å². The van der Waals surface area contributed by atoms with Crippen LogP contribution in [0.5, 0.6) is 5.75 Å². The van der Waals surface area contributed by atoms with Gasteiger partial charge in [0.1, 0.15) is 5.75 Å². The molecule has 2 amide bonds. The first-order chi connectivity index (χ1) is 10.6. The third-order valence-electron chi connectivity index (χ3n) is 2.41. The Hall–Kier alpha value is -2.15. The second kappa shape index (κ2) is 9.73. The van der Waals surface area contributed by atoms with Gasteiger partial charge in [-0.2, -0.15) is 5.10 Å². The molecule has 0 saturated carbocycles. The third kappa shape index (κ3) is 6.09. The number of carbonyl (C=O) groups excluding carboxylic acids is 2. The highest BCUT2D eigenvalue weighted by atomic mass is 79.9. The molecular formula is C15H18BrN3O3. The summed E-state index contributed by atoms with van der Waals surface area (Å²) in [7, 11) is 0. The Morgan fingerprint density at radius 1 is 1.41 bits per heavy atom. The second-order valence-electron chi connectivity index (χ2n) is 4.24. The second-order valence-corrected chi connectivity index (χ2v) is 5.09. The monoisotopic (exact) mass is 367 g/mol. The van der Waals surface area contributed by atoms with Crippen molar-refractivity contribution in [1.82, 2.24) is 10.7 Å². The van der Waals surface area contributed by atoms with Crippen molar-refractivity contribution in [2.24, 2.45) is 5.10 Å². The number of hydrogen-bond donors (Lipinski definition) is 2. The van der Waals surface area contributed by atoms with E-state index in [1.165, 1.54) is 12.3 Å². The molecule has 0 atom stereocenters. The van der Waals surface area contributed by atoms with E-state index in [0.29, 0.717) is 6.61 Å². The Balaban J connectivity index is 2.56. The van der Waals surface area contributed by atoms with Crippen molar-refractivity contribution in [3.8, 4) is 5.75 Å². The van der Waals surface area contributed by atoms with E-state index >= 15 is 0 Å². The first-order valence-electron chi connectivity index (χ1n) is 6.73. The molecule has 0 bridgehead atoms. The number of hydrazone groups is 1. The molecular weight excluding hydrogens is 350 g/mol. The molecule has 0 aliphatic heterocycles. The predicted molar refractivity (Wildman–Crippen MR) is 88.9 cm³/mol. The Labute approximate surface area is 137 Å². The van der Waals surface area contributed by atoms with Crippen LogP contribution in [0, 0.1) is 0 Å². The molecule has 1 rings (SSSR count). The van der Waals surface area contributed by atoms with Crippen LogP contribution in [-0.2, 0) is 9.59 Å². The summed E-state index contributed by atoms with van der Waals surface area (Å²) < 4.78 is 6.32. The molecule has 0 aliphatic rings. The summed E-state index contributed by atoms with van der Waals surface area (Å²) in [6.07, 6.45) is 3.84. The number of ether oxygens (including phenoxy) is 1. The van der Waals surface area contributed by atoms with Crippen LogP contribution >= 0.6 is 15.9 Å². The molecule has 118 valence electrons. The lowest BCUT2D eigenvalue weighted by Gasteiger charge is -2.07. The van der Waals surface area contributed by atoms with Crippen LogP contribution < -0.4 is 15.5 Å². The van der Waals surface area contributed by atoms with E-state index in [0.717, 1.165) is 22.2 Å². The highest BCUT2D eigenvalue weighted by Gasteiger charge is 2.10. The smallest absolute Gasteiger partial charge is 0.329 e. The van der Waals surface area contributed by atoms with E-state index in [1.807, 2.05) is 6.92 Å². The zero-order chi connectivity index (χ0) is 16.4. The minimum atomic E-state index is -0.833. The number of nitrogens with one attached hydrogen (secondary N) is 2. The lowest BCUT2D eigenvalue weighted by molar-refractivity contribution is -0.139. The Bertz CT molecular complexity index is 573. The molecule has 22 heavy (non-hydrogen) atoms. The first-order valence-corrected chi connectivity index (χ1v) is 7.52. The maximum atomic E-state index is 11.4. The zero-order valence-corrected chi connectivity index (χ0v) is 13.9. The minimum absolute atomic E-state index is 0.224. The molecule has 0 radical (unpaired) electrons. The summed E-state index contributed by atoms with van der Waals surface area (Å²) >= 11 is 3.40. The highest BCUT2D eigenvalue weighted by Crippen LogP contribution is 2.25. The maximum absolute atomic E-state index is 11.4. The maximum Gasteiger partial charge on any atom is 0.329 e. The van der Waals surface area contributed by atoms with E-state index in [4.69, 9.17) is 4.74 Å². The van der Waals surface area contributed by atoms with Gasteiger partial charge in [-0.1, -0.05) is 13.0 Å². The van der Waals surface area contributed by atoms with Crippen molar-refractivity contribution < 1.29 is 14.3 Å². The molecule has 6 nitrogen and oxygen atoms in total. The molecule has 0 fully saturated rings. The van der Waals surface area contributed by atoms with Crippen molar-refractivity contribution >= 4 is 34.0 Å².